The number of nitro groups is 1. The van der Waals surface area contributed by atoms with Gasteiger partial charge in [0.25, 0.3) is 5.69 Å². The Morgan fingerprint density at radius 3 is 2.68 bits per heavy atom. The summed E-state index contributed by atoms with van der Waals surface area (Å²) in [6, 6.07) is 19.0. The number of aryl methyl sites for hydroxylation is 1. The Hall–Kier alpha value is -3.63. The van der Waals surface area contributed by atoms with Gasteiger partial charge in [0, 0.05) is 32.0 Å². The van der Waals surface area contributed by atoms with E-state index in [1.165, 1.54) is 24.4 Å². The number of nitrogens with one attached hydrogen (secondary N) is 1. The fourth-order valence-electron chi connectivity index (χ4n) is 3.21. The third kappa shape index (κ3) is 5.29. The van der Waals surface area contributed by atoms with Crippen molar-refractivity contribution in [1.29, 1.82) is 0 Å². The zero-order chi connectivity index (χ0) is 24.2. The minimum Gasteiger partial charge on any atom is -0.507 e. The monoisotopic (exact) mass is 581 g/mol. The molecule has 0 bridgehead atoms. The summed E-state index contributed by atoms with van der Waals surface area (Å²) in [6.45, 7) is 1.93. The summed E-state index contributed by atoms with van der Waals surface area (Å²) in [6.07, 6.45) is 1.29. The summed E-state index contributed by atoms with van der Waals surface area (Å²) in [4.78, 5) is 20.0. The quantitative estimate of drug-likeness (QED) is 0.123. The lowest BCUT2D eigenvalue weighted by atomic mass is 10.2. The molecule has 0 radical (unpaired) electrons. The molecule has 0 aliphatic rings. The van der Waals surface area contributed by atoms with Crippen molar-refractivity contribution in [3.63, 3.8) is 0 Å². The van der Waals surface area contributed by atoms with E-state index in [0.29, 0.717) is 17.2 Å². The first-order valence-corrected chi connectivity index (χ1v) is 11.6. The molecule has 0 unspecified atom stereocenters. The van der Waals surface area contributed by atoms with E-state index in [4.69, 9.17) is 9.98 Å². The highest BCUT2D eigenvalue weighted by molar-refractivity contribution is 9.11. The largest absolute Gasteiger partial charge is 0.507 e. The summed E-state index contributed by atoms with van der Waals surface area (Å²) in [7, 11) is 0. The van der Waals surface area contributed by atoms with E-state index >= 15 is 0 Å². The van der Waals surface area contributed by atoms with Gasteiger partial charge in [-0.05, 0) is 58.7 Å². The fraction of sp³-hybridized carbons (Fsp3) is 0.0417. The third-order valence-electron chi connectivity index (χ3n) is 4.88. The van der Waals surface area contributed by atoms with Crippen molar-refractivity contribution >= 4 is 66.2 Å². The topological polar surface area (TPSA) is 113 Å². The van der Waals surface area contributed by atoms with Gasteiger partial charge in [-0.25, -0.2) is 9.98 Å². The lowest BCUT2D eigenvalue weighted by molar-refractivity contribution is -0.384. The number of hydrazone groups is 1. The molecule has 0 saturated heterocycles. The third-order valence-corrected chi connectivity index (χ3v) is 5.94. The van der Waals surface area contributed by atoms with Crippen LogP contribution in [0.2, 0.25) is 0 Å². The number of nitrogens with zero attached hydrogens (tertiary/aromatic N) is 4. The van der Waals surface area contributed by atoms with E-state index in [0.717, 1.165) is 25.4 Å². The van der Waals surface area contributed by atoms with Crippen molar-refractivity contribution in [1.82, 2.24) is 10.4 Å². The minimum absolute atomic E-state index is 0.134. The molecule has 0 saturated carbocycles. The minimum atomic E-state index is -0.538. The van der Waals surface area contributed by atoms with Crippen LogP contribution in [0, 0.1) is 17.0 Å². The first-order chi connectivity index (χ1) is 16.3. The zero-order valence-electron chi connectivity index (χ0n) is 17.7. The number of phenolic OH excluding ortho intramolecular Hbond substituents is 1. The van der Waals surface area contributed by atoms with E-state index in [1.807, 2.05) is 55.5 Å². The number of hydrogen-bond donors (Lipinski definition) is 2. The fourth-order valence-corrected chi connectivity index (χ4v) is 4.73. The van der Waals surface area contributed by atoms with Crippen LogP contribution in [0.4, 0.5) is 11.4 Å². The highest BCUT2D eigenvalue weighted by Crippen LogP contribution is 2.33. The Kier molecular flexibility index (Phi) is 6.99. The number of nitro benzene ring substituents is 1. The van der Waals surface area contributed by atoms with Gasteiger partial charge in [0.1, 0.15) is 11.4 Å². The van der Waals surface area contributed by atoms with Gasteiger partial charge in [-0.15, -0.1) is 0 Å². The number of phenols is 1. The molecule has 1 aromatic heterocycles. The predicted molar refractivity (Wildman–Crippen MR) is 140 cm³/mol. The van der Waals surface area contributed by atoms with Gasteiger partial charge in [0.15, 0.2) is 5.84 Å². The SMILES string of the molecule is Cc1cc(Br)cc(Br)c1N=C(N/N=C/c1cc([N+](=O)[O-])ccc1O)c1ccc2ccccc2n1. The van der Waals surface area contributed by atoms with Crippen LogP contribution in [-0.2, 0) is 0 Å². The summed E-state index contributed by atoms with van der Waals surface area (Å²) >= 11 is 7.03. The van der Waals surface area contributed by atoms with Gasteiger partial charge in [-0.3, -0.25) is 15.5 Å². The number of benzene rings is 3. The van der Waals surface area contributed by atoms with Crippen LogP contribution >= 0.6 is 31.9 Å². The van der Waals surface area contributed by atoms with Crippen LogP contribution in [0.1, 0.15) is 16.8 Å². The van der Waals surface area contributed by atoms with Gasteiger partial charge in [-0.2, -0.15) is 5.10 Å². The molecule has 170 valence electrons. The number of amidine groups is 1. The van der Waals surface area contributed by atoms with Gasteiger partial charge < -0.3 is 5.11 Å². The average molecular weight is 583 g/mol. The Labute approximate surface area is 211 Å². The van der Waals surface area contributed by atoms with Crippen LogP contribution in [0.3, 0.4) is 0 Å². The molecule has 4 aromatic rings. The maximum atomic E-state index is 11.1. The number of non-ortho nitro benzene ring substituents is 1. The highest BCUT2D eigenvalue weighted by atomic mass is 79.9. The second kappa shape index (κ2) is 10.1. The molecule has 0 aliphatic heterocycles. The first-order valence-electron chi connectivity index (χ1n) is 9.99. The number of fused-ring (bicyclic) bond motifs is 1. The number of aliphatic imine (C=N–C) groups is 1. The van der Waals surface area contributed by atoms with E-state index in [1.54, 1.807) is 0 Å². The second-order valence-corrected chi connectivity index (χ2v) is 9.04. The first kappa shape index (κ1) is 23.5. The molecule has 34 heavy (non-hydrogen) atoms. The van der Waals surface area contributed by atoms with E-state index in [-0.39, 0.29) is 17.0 Å². The smallest absolute Gasteiger partial charge is 0.270 e. The Morgan fingerprint density at radius 2 is 1.91 bits per heavy atom. The summed E-state index contributed by atoms with van der Waals surface area (Å²) in [5, 5.41) is 26.3. The number of para-hydroxylation sites is 1. The van der Waals surface area contributed by atoms with Crippen molar-refractivity contribution < 1.29 is 10.0 Å². The molecule has 4 rings (SSSR count). The molecule has 0 spiro atoms. The average Bonchev–Trinajstić information content (AvgIpc) is 2.80. The number of halogens is 2. The number of aromatic hydroxyl groups is 1. The van der Waals surface area contributed by atoms with Crippen LogP contribution in [0.5, 0.6) is 5.75 Å². The molecule has 0 aliphatic carbocycles. The maximum Gasteiger partial charge on any atom is 0.270 e. The molecule has 3 aromatic carbocycles. The molecule has 2 N–H and O–H groups in total. The zero-order valence-corrected chi connectivity index (χ0v) is 20.9. The van der Waals surface area contributed by atoms with Gasteiger partial charge in [-0.1, -0.05) is 40.2 Å². The normalized spacial score (nSPS) is 11.8. The van der Waals surface area contributed by atoms with Crippen LogP contribution < -0.4 is 5.43 Å². The molecule has 0 fully saturated rings. The number of rotatable bonds is 5. The molecule has 0 atom stereocenters. The van der Waals surface area contributed by atoms with Crippen LogP contribution in [0.15, 0.2) is 85.8 Å². The van der Waals surface area contributed by atoms with Gasteiger partial charge in [0.2, 0.25) is 0 Å². The maximum absolute atomic E-state index is 11.1. The van der Waals surface area contributed by atoms with Crippen molar-refractivity contribution in [2.75, 3.05) is 0 Å². The van der Waals surface area contributed by atoms with E-state index in [9.17, 15) is 15.2 Å². The molecular formula is C24H17Br2N5O3. The van der Waals surface area contributed by atoms with Crippen LogP contribution in [-0.4, -0.2) is 27.1 Å². The number of hydrogen-bond acceptors (Lipinski definition) is 6. The number of aromatic nitrogens is 1. The van der Waals surface area contributed by atoms with Gasteiger partial charge >= 0.3 is 0 Å². The molecule has 10 heteroatoms. The lowest BCUT2D eigenvalue weighted by Gasteiger charge is -2.10. The standard InChI is InChI=1S/C24H17Br2N5O3/c1-14-10-17(25)12-19(26)23(14)29-24(21-8-6-15-4-2-3-5-20(15)28-21)30-27-13-16-11-18(31(33)34)7-9-22(16)32/h2-13,32H,1H3,(H,29,30)/b27-13+. The molecular weight excluding hydrogens is 566 g/mol. The number of pyridine rings is 1. The van der Waals surface area contributed by atoms with Crippen molar-refractivity contribution in [2.24, 2.45) is 10.1 Å². The molecule has 0 amide bonds. The van der Waals surface area contributed by atoms with Crippen LogP contribution in [0.25, 0.3) is 10.9 Å². The highest BCUT2D eigenvalue weighted by Gasteiger charge is 2.12. The van der Waals surface area contributed by atoms with Crippen molar-refractivity contribution in [2.45, 2.75) is 6.92 Å². The van der Waals surface area contributed by atoms with E-state index < -0.39 is 4.92 Å². The second-order valence-electron chi connectivity index (χ2n) is 7.27. The summed E-state index contributed by atoms with van der Waals surface area (Å²) in [5.74, 6) is 0.225. The predicted octanol–water partition coefficient (Wildman–Crippen LogP) is 6.38. The van der Waals surface area contributed by atoms with Crippen molar-refractivity contribution in [3.8, 4) is 5.75 Å². The summed E-state index contributed by atoms with van der Waals surface area (Å²) in [5.41, 5.74) is 5.87. The Morgan fingerprint density at radius 1 is 1.12 bits per heavy atom. The Balaban J connectivity index is 1.76. The summed E-state index contributed by atoms with van der Waals surface area (Å²) < 4.78 is 1.69. The van der Waals surface area contributed by atoms with E-state index in [2.05, 4.69) is 42.4 Å². The lowest BCUT2D eigenvalue weighted by Crippen LogP contribution is -2.20. The Bertz CT molecular complexity index is 1450. The molecule has 1 heterocycles. The van der Waals surface area contributed by atoms with Crippen molar-refractivity contribution in [3.05, 3.63) is 103 Å². The molecule has 8 nitrogen and oxygen atoms in total. The van der Waals surface area contributed by atoms with Gasteiger partial charge in [0.05, 0.1) is 22.3 Å².